The van der Waals surface area contributed by atoms with Crippen molar-refractivity contribution < 1.29 is 12.6 Å². The van der Waals surface area contributed by atoms with Crippen molar-refractivity contribution in [2.75, 3.05) is 6.61 Å². The van der Waals surface area contributed by atoms with Gasteiger partial charge < -0.3 is 5.73 Å². The van der Waals surface area contributed by atoms with Crippen LogP contribution in [0.25, 0.3) is 0 Å². The highest BCUT2D eigenvalue weighted by Crippen LogP contribution is 1.95. The van der Waals surface area contributed by atoms with E-state index in [4.69, 9.17) is 5.73 Å². The second kappa shape index (κ2) is 3.14. The largest absolute Gasteiger partial charge is 0.324 e. The Bertz CT molecular complexity index is 138. The van der Waals surface area contributed by atoms with Gasteiger partial charge in [0.1, 0.15) is 0 Å². The van der Waals surface area contributed by atoms with Crippen LogP contribution in [0.4, 0.5) is 0 Å². The van der Waals surface area contributed by atoms with Gasteiger partial charge in [0.15, 0.2) is 0 Å². The van der Waals surface area contributed by atoms with Crippen LogP contribution in [0.1, 0.15) is 13.8 Å². The zero-order valence-corrected chi connectivity index (χ0v) is 6.35. The molecule has 0 bridgehead atoms. The molecule has 2 N–H and O–H groups in total. The molecule has 4 nitrogen and oxygen atoms in total. The fourth-order valence-corrected chi connectivity index (χ4v) is 0.657. The molecular formula is C4H11NO3S. The molecule has 0 saturated carbocycles. The summed E-state index contributed by atoms with van der Waals surface area (Å²) in [5, 5.41) is 0. The van der Waals surface area contributed by atoms with Gasteiger partial charge in [-0.1, -0.05) is 0 Å². The molecule has 0 aromatic carbocycles. The summed E-state index contributed by atoms with van der Waals surface area (Å²) in [6, 6.07) is 0. The molecule has 56 valence electrons. The summed E-state index contributed by atoms with van der Waals surface area (Å²) in [5.41, 5.74) is 4.82. The Kier molecular flexibility index (Phi) is 3.10. The highest BCUT2D eigenvalue weighted by molar-refractivity contribution is 7.67. The first kappa shape index (κ1) is 8.87. The van der Waals surface area contributed by atoms with Crippen LogP contribution in [-0.2, 0) is 15.2 Å². The van der Waals surface area contributed by atoms with Crippen LogP contribution in [0, 0.1) is 0 Å². The predicted molar refractivity (Wildman–Crippen MR) is 34.5 cm³/mol. The molecule has 0 fully saturated rings. The smallest absolute Gasteiger partial charge is 0.257 e. The molecule has 0 atom stereocenters. The summed E-state index contributed by atoms with van der Waals surface area (Å²) < 4.78 is 23.8. The van der Waals surface area contributed by atoms with Crippen LogP contribution >= 0.6 is 0 Å². The number of rotatable bonds is 3. The normalized spacial score (nSPS) is 12.4. The van der Waals surface area contributed by atoms with E-state index in [-0.39, 0.29) is 6.61 Å². The van der Waals surface area contributed by atoms with Gasteiger partial charge in [0.2, 0.25) is 0 Å². The van der Waals surface area contributed by atoms with Crippen molar-refractivity contribution in [3.8, 4) is 0 Å². The highest BCUT2D eigenvalue weighted by Gasteiger charge is 2.10. The predicted octanol–water partition coefficient (Wildman–Crippen LogP) is -0.733. The number of thiol groups is 1. The van der Waals surface area contributed by atoms with Crippen molar-refractivity contribution in [2.24, 2.45) is 5.73 Å². The summed E-state index contributed by atoms with van der Waals surface area (Å²) in [7, 11) is -2.74. The lowest BCUT2D eigenvalue weighted by molar-refractivity contribution is 0.258. The molecule has 0 radical (unpaired) electrons. The fraction of sp³-hybridized carbons (Fsp3) is 1.00. The minimum atomic E-state index is -2.74. The van der Waals surface area contributed by atoms with Gasteiger partial charge in [-0.05, 0) is 13.8 Å². The fourth-order valence-electron chi connectivity index (χ4n) is 0.219. The Morgan fingerprint density at radius 1 is 1.56 bits per heavy atom. The lowest BCUT2D eigenvalue weighted by Crippen LogP contribution is -2.37. The summed E-state index contributed by atoms with van der Waals surface area (Å²) >= 11 is 0. The maximum absolute atomic E-state index is 9.81. The minimum absolute atomic E-state index is 0.0334. The highest BCUT2D eigenvalue weighted by atomic mass is 32.2. The van der Waals surface area contributed by atoms with Crippen molar-refractivity contribution in [1.29, 1.82) is 0 Å². The van der Waals surface area contributed by atoms with Crippen molar-refractivity contribution in [3.05, 3.63) is 0 Å². The Morgan fingerprint density at radius 2 is 2.00 bits per heavy atom. The van der Waals surface area contributed by atoms with Gasteiger partial charge in [-0.15, -0.1) is 0 Å². The molecule has 0 spiro atoms. The summed E-state index contributed by atoms with van der Waals surface area (Å²) in [4.78, 5) is 0. The van der Waals surface area contributed by atoms with Gasteiger partial charge in [0.25, 0.3) is 11.0 Å². The van der Waals surface area contributed by atoms with Crippen LogP contribution in [0.3, 0.4) is 0 Å². The molecule has 0 aromatic rings. The van der Waals surface area contributed by atoms with Crippen molar-refractivity contribution >= 4 is 11.0 Å². The first-order chi connectivity index (χ1) is 3.92. The molecule has 0 amide bonds. The van der Waals surface area contributed by atoms with Gasteiger partial charge in [-0.2, -0.15) is 0 Å². The minimum Gasteiger partial charge on any atom is -0.324 e. The van der Waals surface area contributed by atoms with Crippen molar-refractivity contribution in [1.82, 2.24) is 0 Å². The van der Waals surface area contributed by atoms with Crippen LogP contribution in [0.2, 0.25) is 0 Å². The van der Waals surface area contributed by atoms with E-state index in [1.54, 1.807) is 13.8 Å². The van der Waals surface area contributed by atoms with Crippen molar-refractivity contribution in [2.45, 2.75) is 19.4 Å². The second-order valence-electron chi connectivity index (χ2n) is 2.49. The Morgan fingerprint density at radius 3 is 2.11 bits per heavy atom. The average molecular weight is 153 g/mol. The van der Waals surface area contributed by atoms with E-state index >= 15 is 0 Å². The zero-order chi connectivity index (χ0) is 7.49. The zero-order valence-electron chi connectivity index (χ0n) is 5.46. The third kappa shape index (κ3) is 7.87. The Balaban J connectivity index is 3.52. The number of hydrogen-bond donors (Lipinski definition) is 2. The number of nitrogens with two attached hydrogens (primary N) is 1. The first-order valence-electron chi connectivity index (χ1n) is 2.48. The molecule has 9 heavy (non-hydrogen) atoms. The third-order valence-corrected chi connectivity index (χ3v) is 0.882. The Labute approximate surface area is 56.2 Å². The SMILES string of the molecule is CC(C)(N)CO[SH](=O)=O. The summed E-state index contributed by atoms with van der Waals surface area (Å²) in [6.07, 6.45) is 0. The number of hydrogen-bond acceptors (Lipinski definition) is 4. The Hall–Kier alpha value is -0.130. The van der Waals surface area contributed by atoms with E-state index < -0.39 is 16.5 Å². The molecule has 0 aliphatic carbocycles. The summed E-state index contributed by atoms with van der Waals surface area (Å²) in [5.74, 6) is 0. The van der Waals surface area contributed by atoms with E-state index in [0.29, 0.717) is 0 Å². The molecule has 0 heterocycles. The van der Waals surface area contributed by atoms with E-state index in [9.17, 15) is 8.42 Å². The van der Waals surface area contributed by atoms with Gasteiger partial charge in [-0.25, -0.2) is 8.42 Å². The van der Waals surface area contributed by atoms with Crippen LogP contribution in [-0.4, -0.2) is 20.6 Å². The molecular weight excluding hydrogens is 142 g/mol. The van der Waals surface area contributed by atoms with E-state index in [1.807, 2.05) is 0 Å². The monoisotopic (exact) mass is 153 g/mol. The molecule has 0 rings (SSSR count). The quantitative estimate of drug-likeness (QED) is 0.524. The second-order valence-corrected chi connectivity index (χ2v) is 3.19. The lowest BCUT2D eigenvalue weighted by Gasteiger charge is -2.14. The molecule has 0 unspecified atom stereocenters. The maximum atomic E-state index is 9.81. The van der Waals surface area contributed by atoms with Gasteiger partial charge >= 0.3 is 0 Å². The molecule has 0 saturated heterocycles. The standard InChI is InChI=1S/C4H11NO3S/c1-4(2,5)3-8-9(6)7/h9H,3,5H2,1-2H3. The topological polar surface area (TPSA) is 69.4 Å². The van der Waals surface area contributed by atoms with Gasteiger partial charge in [0, 0.05) is 5.54 Å². The summed E-state index contributed by atoms with van der Waals surface area (Å²) in [6.45, 7) is 3.41. The van der Waals surface area contributed by atoms with Crippen LogP contribution < -0.4 is 5.73 Å². The third-order valence-electron chi connectivity index (χ3n) is 0.542. The van der Waals surface area contributed by atoms with Crippen molar-refractivity contribution in [3.63, 3.8) is 0 Å². The van der Waals surface area contributed by atoms with Gasteiger partial charge in [-0.3, -0.25) is 4.18 Å². The average Bonchev–Trinajstić information content (AvgIpc) is 1.59. The van der Waals surface area contributed by atoms with E-state index in [0.717, 1.165) is 0 Å². The molecule has 5 heteroatoms. The van der Waals surface area contributed by atoms with Gasteiger partial charge in [0.05, 0.1) is 6.61 Å². The maximum Gasteiger partial charge on any atom is 0.257 e. The van der Waals surface area contributed by atoms with E-state index in [1.165, 1.54) is 0 Å². The molecule has 0 aromatic heterocycles. The van der Waals surface area contributed by atoms with Crippen LogP contribution in [0.5, 0.6) is 0 Å². The molecule has 0 aliphatic rings. The van der Waals surface area contributed by atoms with E-state index in [2.05, 4.69) is 4.18 Å². The first-order valence-corrected chi connectivity index (χ1v) is 3.57. The van der Waals surface area contributed by atoms with Crippen LogP contribution in [0.15, 0.2) is 0 Å². The molecule has 0 aliphatic heterocycles. The lowest BCUT2D eigenvalue weighted by atomic mass is 10.1.